The third-order valence-electron chi connectivity index (χ3n) is 5.87. The van der Waals surface area contributed by atoms with E-state index in [0.29, 0.717) is 44.6 Å². The van der Waals surface area contributed by atoms with Gasteiger partial charge in [0.15, 0.2) is 0 Å². The lowest BCUT2D eigenvalue weighted by Crippen LogP contribution is -2.42. The number of halogens is 1. The molecule has 2 aromatic heterocycles. The van der Waals surface area contributed by atoms with Gasteiger partial charge in [-0.25, -0.2) is 0 Å². The fourth-order valence-corrected chi connectivity index (χ4v) is 4.70. The van der Waals surface area contributed by atoms with Crippen LogP contribution in [-0.2, 0) is 20.9 Å². The molecule has 0 unspecified atom stereocenters. The van der Waals surface area contributed by atoms with Crippen molar-refractivity contribution in [2.45, 2.75) is 39.2 Å². The van der Waals surface area contributed by atoms with E-state index in [-0.39, 0.29) is 23.4 Å². The first kappa shape index (κ1) is 21.6. The lowest BCUT2D eigenvalue weighted by molar-refractivity contribution is -0.151. The second-order valence-electron chi connectivity index (χ2n) is 7.89. The van der Waals surface area contributed by atoms with Gasteiger partial charge >= 0.3 is 5.97 Å². The molecule has 0 N–H and O–H groups in total. The predicted octanol–water partition coefficient (Wildman–Crippen LogP) is 3.60. The van der Waals surface area contributed by atoms with Crippen LogP contribution in [-0.4, -0.2) is 45.4 Å². The standard InChI is InChI=1S/C23H26BrN3O4/c1-2-31-23(30)16-6-3-11-25(15-16)21(28)8-5-13-27-20-14-17(24)9-10-18(20)26-12-4-7-19(26)22(27)29/h4,7,9-10,12,14,16H,2-3,5-6,8,11,13,15H2,1H3/t16-/m0/s1. The molecule has 3 aromatic rings. The summed E-state index contributed by atoms with van der Waals surface area (Å²) in [5, 5.41) is 0. The summed E-state index contributed by atoms with van der Waals surface area (Å²) in [6.07, 6.45) is 4.34. The highest BCUT2D eigenvalue weighted by Crippen LogP contribution is 2.22. The zero-order valence-corrected chi connectivity index (χ0v) is 19.1. The third-order valence-corrected chi connectivity index (χ3v) is 6.36. The maximum atomic E-state index is 13.1. The number of esters is 1. The normalized spacial score (nSPS) is 16.7. The van der Waals surface area contributed by atoms with Crippen LogP contribution in [0.4, 0.5) is 0 Å². The molecule has 8 heteroatoms. The van der Waals surface area contributed by atoms with Crippen LogP contribution in [0.5, 0.6) is 0 Å². The van der Waals surface area contributed by atoms with Crippen molar-refractivity contribution in [3.8, 4) is 0 Å². The Balaban J connectivity index is 1.47. The van der Waals surface area contributed by atoms with Gasteiger partial charge in [0.2, 0.25) is 5.91 Å². The molecule has 164 valence electrons. The number of fused-ring (bicyclic) bond motifs is 3. The SMILES string of the molecule is CCOC(=O)[C@H]1CCCN(C(=O)CCCn2c(=O)c3cccn3c3ccc(Br)cc32)C1. The number of benzene rings is 1. The van der Waals surface area contributed by atoms with E-state index in [0.717, 1.165) is 28.3 Å². The van der Waals surface area contributed by atoms with Crippen molar-refractivity contribution < 1.29 is 14.3 Å². The molecule has 4 rings (SSSR count). The Bertz CT molecular complexity index is 1180. The molecule has 0 radical (unpaired) electrons. The number of rotatable bonds is 6. The number of aryl methyl sites for hydroxylation is 1. The van der Waals surface area contributed by atoms with Crippen molar-refractivity contribution in [1.29, 1.82) is 0 Å². The number of nitrogens with zero attached hydrogens (tertiary/aromatic N) is 3. The van der Waals surface area contributed by atoms with Crippen LogP contribution >= 0.6 is 15.9 Å². The summed E-state index contributed by atoms with van der Waals surface area (Å²) in [5.41, 5.74) is 2.33. The van der Waals surface area contributed by atoms with E-state index in [1.807, 2.05) is 40.9 Å². The molecule has 1 aliphatic rings. The van der Waals surface area contributed by atoms with Gasteiger partial charge in [-0.1, -0.05) is 15.9 Å². The van der Waals surface area contributed by atoms with Crippen LogP contribution in [0.15, 0.2) is 45.8 Å². The Hall–Kier alpha value is -2.61. The van der Waals surface area contributed by atoms with Crippen molar-refractivity contribution in [2.24, 2.45) is 5.92 Å². The van der Waals surface area contributed by atoms with Crippen LogP contribution in [0.25, 0.3) is 16.6 Å². The summed E-state index contributed by atoms with van der Waals surface area (Å²) >= 11 is 3.49. The molecule has 7 nitrogen and oxygen atoms in total. The first-order valence-electron chi connectivity index (χ1n) is 10.7. The van der Waals surface area contributed by atoms with E-state index >= 15 is 0 Å². The zero-order chi connectivity index (χ0) is 22.0. The Morgan fingerprint density at radius 2 is 2.03 bits per heavy atom. The summed E-state index contributed by atoms with van der Waals surface area (Å²) in [6, 6.07) is 9.55. The molecule has 1 aromatic carbocycles. The summed E-state index contributed by atoms with van der Waals surface area (Å²) in [6.45, 7) is 3.69. The molecule has 1 fully saturated rings. The fraction of sp³-hybridized carbons (Fsp3) is 0.435. The molecule has 1 saturated heterocycles. The smallest absolute Gasteiger partial charge is 0.310 e. The van der Waals surface area contributed by atoms with Gasteiger partial charge in [0.25, 0.3) is 5.56 Å². The minimum absolute atomic E-state index is 0.0243. The van der Waals surface area contributed by atoms with E-state index in [1.165, 1.54) is 0 Å². The Morgan fingerprint density at radius 3 is 2.84 bits per heavy atom. The molecule has 0 bridgehead atoms. The van der Waals surface area contributed by atoms with Gasteiger partial charge in [-0.2, -0.15) is 0 Å². The first-order valence-corrected chi connectivity index (χ1v) is 11.5. The quantitative estimate of drug-likeness (QED) is 0.498. The number of likely N-dealkylation sites (tertiary alicyclic amines) is 1. The number of amides is 1. The maximum Gasteiger partial charge on any atom is 0.310 e. The van der Waals surface area contributed by atoms with E-state index in [2.05, 4.69) is 15.9 Å². The fourth-order valence-electron chi connectivity index (χ4n) is 4.35. The van der Waals surface area contributed by atoms with Gasteiger partial charge in [0, 0.05) is 36.7 Å². The molecular formula is C23H26BrN3O4. The number of carbonyl (C=O) groups is 2. The van der Waals surface area contributed by atoms with Crippen molar-refractivity contribution in [1.82, 2.24) is 13.9 Å². The van der Waals surface area contributed by atoms with Crippen LogP contribution in [0.1, 0.15) is 32.6 Å². The average molecular weight is 488 g/mol. The Morgan fingerprint density at radius 1 is 1.19 bits per heavy atom. The van der Waals surface area contributed by atoms with Gasteiger partial charge < -0.3 is 18.6 Å². The number of ether oxygens (including phenoxy) is 1. The van der Waals surface area contributed by atoms with Gasteiger partial charge in [0.05, 0.1) is 23.6 Å². The molecular weight excluding hydrogens is 462 g/mol. The summed E-state index contributed by atoms with van der Waals surface area (Å²) in [4.78, 5) is 39.6. The van der Waals surface area contributed by atoms with Crippen molar-refractivity contribution in [2.75, 3.05) is 19.7 Å². The molecule has 0 spiro atoms. The molecule has 3 heterocycles. The van der Waals surface area contributed by atoms with Crippen molar-refractivity contribution in [3.63, 3.8) is 0 Å². The highest BCUT2D eigenvalue weighted by Gasteiger charge is 2.29. The number of piperidine rings is 1. The molecule has 0 saturated carbocycles. The van der Waals surface area contributed by atoms with Crippen LogP contribution in [0.3, 0.4) is 0 Å². The van der Waals surface area contributed by atoms with E-state index in [1.54, 1.807) is 16.4 Å². The minimum Gasteiger partial charge on any atom is -0.466 e. The average Bonchev–Trinajstić information content (AvgIpc) is 3.26. The second kappa shape index (κ2) is 9.26. The topological polar surface area (TPSA) is 73.0 Å². The predicted molar refractivity (Wildman–Crippen MR) is 122 cm³/mol. The monoisotopic (exact) mass is 487 g/mol. The molecule has 1 atom stereocenters. The number of hydrogen-bond donors (Lipinski definition) is 0. The summed E-state index contributed by atoms with van der Waals surface area (Å²) in [5.74, 6) is -0.432. The lowest BCUT2D eigenvalue weighted by atomic mass is 9.98. The highest BCUT2D eigenvalue weighted by molar-refractivity contribution is 9.10. The van der Waals surface area contributed by atoms with Crippen molar-refractivity contribution >= 4 is 44.4 Å². The zero-order valence-electron chi connectivity index (χ0n) is 17.6. The van der Waals surface area contributed by atoms with E-state index in [9.17, 15) is 14.4 Å². The van der Waals surface area contributed by atoms with Gasteiger partial charge in [-0.3, -0.25) is 14.4 Å². The highest BCUT2D eigenvalue weighted by atomic mass is 79.9. The number of carbonyl (C=O) groups excluding carboxylic acids is 2. The maximum absolute atomic E-state index is 13.1. The van der Waals surface area contributed by atoms with Gasteiger partial charge in [-0.05, 0) is 56.5 Å². The number of aromatic nitrogens is 2. The molecule has 31 heavy (non-hydrogen) atoms. The van der Waals surface area contributed by atoms with Crippen LogP contribution in [0.2, 0.25) is 0 Å². The van der Waals surface area contributed by atoms with Gasteiger partial charge in [0.1, 0.15) is 5.52 Å². The molecule has 0 aliphatic carbocycles. The van der Waals surface area contributed by atoms with E-state index < -0.39 is 0 Å². The number of hydrogen-bond acceptors (Lipinski definition) is 4. The lowest BCUT2D eigenvalue weighted by Gasteiger charge is -2.31. The third kappa shape index (κ3) is 4.39. The van der Waals surface area contributed by atoms with Crippen molar-refractivity contribution in [3.05, 3.63) is 51.4 Å². The second-order valence-corrected chi connectivity index (χ2v) is 8.80. The Labute approximate surface area is 188 Å². The summed E-state index contributed by atoms with van der Waals surface area (Å²) < 4.78 is 9.67. The summed E-state index contributed by atoms with van der Waals surface area (Å²) in [7, 11) is 0. The minimum atomic E-state index is -0.238. The Kier molecular flexibility index (Phi) is 6.46. The largest absolute Gasteiger partial charge is 0.466 e. The van der Waals surface area contributed by atoms with E-state index in [4.69, 9.17) is 4.74 Å². The van der Waals surface area contributed by atoms with Crippen LogP contribution < -0.4 is 5.56 Å². The first-order chi connectivity index (χ1) is 15.0. The molecule has 1 amide bonds. The van der Waals surface area contributed by atoms with Crippen LogP contribution in [0, 0.1) is 5.92 Å². The van der Waals surface area contributed by atoms with Gasteiger partial charge in [-0.15, -0.1) is 0 Å². The molecule has 1 aliphatic heterocycles.